The van der Waals surface area contributed by atoms with Crippen LogP contribution in [-0.4, -0.2) is 31.2 Å². The van der Waals surface area contributed by atoms with Crippen molar-refractivity contribution in [2.45, 2.75) is 47.1 Å². The molecule has 4 N–H and O–H groups in total. The van der Waals surface area contributed by atoms with Crippen molar-refractivity contribution in [2.75, 3.05) is 18.5 Å². The van der Waals surface area contributed by atoms with Crippen LogP contribution < -0.4 is 16.4 Å². The van der Waals surface area contributed by atoms with Crippen molar-refractivity contribution in [1.82, 2.24) is 5.32 Å². The van der Waals surface area contributed by atoms with Crippen LogP contribution in [0.3, 0.4) is 0 Å². The molecule has 0 saturated heterocycles. The molecule has 1 amide bonds. The molecule has 1 atom stereocenters. The van der Waals surface area contributed by atoms with Gasteiger partial charge in [0.2, 0.25) is 0 Å². The number of guanidine groups is 1. The summed E-state index contributed by atoms with van der Waals surface area (Å²) in [7, 11) is 0. The molecule has 0 saturated carbocycles. The fourth-order valence-corrected chi connectivity index (χ4v) is 2.30. The fourth-order valence-electron chi connectivity index (χ4n) is 2.30. The Labute approximate surface area is 144 Å². The molecule has 6 nitrogen and oxygen atoms in total. The average molecular weight is 334 g/mol. The van der Waals surface area contributed by atoms with Gasteiger partial charge in [0.25, 0.3) is 0 Å². The van der Waals surface area contributed by atoms with Gasteiger partial charge in [0.05, 0.1) is 19.2 Å². The number of nitrogens with one attached hydrogen (secondary N) is 2. The highest BCUT2D eigenvalue weighted by atomic mass is 16.5. The Hall–Kier alpha value is -2.24. The van der Waals surface area contributed by atoms with Crippen LogP contribution in [0.4, 0.5) is 10.5 Å². The summed E-state index contributed by atoms with van der Waals surface area (Å²) in [6, 6.07) is 5.92. The number of ether oxygens (including phenoxy) is 1. The summed E-state index contributed by atoms with van der Waals surface area (Å²) >= 11 is 0. The Kier molecular flexibility index (Phi) is 8.09. The first-order valence-electron chi connectivity index (χ1n) is 8.39. The van der Waals surface area contributed by atoms with E-state index in [1.54, 1.807) is 6.92 Å². The van der Waals surface area contributed by atoms with Crippen molar-refractivity contribution in [1.29, 1.82) is 0 Å². The Morgan fingerprint density at radius 3 is 2.58 bits per heavy atom. The molecule has 0 aliphatic heterocycles. The van der Waals surface area contributed by atoms with Gasteiger partial charge in [-0.25, -0.2) is 4.79 Å². The van der Waals surface area contributed by atoms with E-state index in [2.05, 4.69) is 43.3 Å². The lowest BCUT2D eigenvalue weighted by atomic mass is 10.0. The molecule has 6 heteroatoms. The van der Waals surface area contributed by atoms with Gasteiger partial charge >= 0.3 is 6.09 Å². The quantitative estimate of drug-likeness (QED) is 0.528. The largest absolute Gasteiger partial charge is 0.450 e. The molecule has 1 rings (SSSR count). The highest BCUT2D eigenvalue weighted by molar-refractivity contribution is 5.92. The zero-order valence-corrected chi connectivity index (χ0v) is 15.3. The third-order valence-electron chi connectivity index (χ3n) is 3.61. The molecule has 1 aromatic rings. The number of nitrogens with zero attached hydrogens (tertiary/aromatic N) is 1. The van der Waals surface area contributed by atoms with Crippen LogP contribution in [0.5, 0.6) is 0 Å². The normalized spacial score (nSPS) is 12.8. The lowest BCUT2D eigenvalue weighted by Gasteiger charge is -2.19. The van der Waals surface area contributed by atoms with Crippen molar-refractivity contribution in [3.05, 3.63) is 29.3 Å². The monoisotopic (exact) mass is 334 g/mol. The number of aliphatic imine (C=N–C) groups is 1. The average Bonchev–Trinajstić information content (AvgIpc) is 2.48. The Morgan fingerprint density at radius 2 is 2.00 bits per heavy atom. The van der Waals surface area contributed by atoms with Crippen LogP contribution in [0.1, 0.15) is 38.3 Å². The molecule has 0 spiro atoms. The number of hydrogen-bond donors (Lipinski definition) is 3. The summed E-state index contributed by atoms with van der Waals surface area (Å²) in [5, 5.41) is 5.91. The lowest BCUT2D eigenvalue weighted by Crippen LogP contribution is -2.39. The highest BCUT2D eigenvalue weighted by Gasteiger charge is 2.14. The van der Waals surface area contributed by atoms with Gasteiger partial charge in [-0.3, -0.25) is 4.99 Å². The number of hydrogen-bond acceptors (Lipinski definition) is 3. The predicted octanol–water partition coefficient (Wildman–Crippen LogP) is 3.19. The predicted molar refractivity (Wildman–Crippen MR) is 99.4 cm³/mol. The molecule has 1 unspecified atom stereocenters. The first-order valence-corrected chi connectivity index (χ1v) is 8.39. The van der Waals surface area contributed by atoms with E-state index in [1.165, 1.54) is 11.1 Å². The van der Waals surface area contributed by atoms with Crippen LogP contribution in [0.25, 0.3) is 0 Å². The third kappa shape index (κ3) is 7.35. The number of carbonyl (C=O) groups excluding carboxylic acids is 1. The van der Waals surface area contributed by atoms with Crippen molar-refractivity contribution >= 4 is 17.7 Å². The van der Waals surface area contributed by atoms with Gasteiger partial charge < -0.3 is 21.1 Å². The number of aryl methyl sites for hydroxylation is 2. The Balaban J connectivity index is 2.65. The summed E-state index contributed by atoms with van der Waals surface area (Å²) < 4.78 is 4.94. The number of carbonyl (C=O) groups is 1. The molecule has 0 aliphatic rings. The van der Waals surface area contributed by atoms with Crippen LogP contribution in [-0.2, 0) is 4.74 Å². The fraction of sp³-hybridized carbons (Fsp3) is 0.556. The summed E-state index contributed by atoms with van der Waals surface area (Å²) in [5.41, 5.74) is 9.28. The lowest BCUT2D eigenvalue weighted by molar-refractivity contribution is 0.147. The summed E-state index contributed by atoms with van der Waals surface area (Å²) in [6.07, 6.45) is 0.387. The SMILES string of the molecule is CCOC(=O)NC(CN=C(N)Nc1ccc(C)c(C)c1)CC(C)C. The van der Waals surface area contributed by atoms with E-state index < -0.39 is 6.09 Å². The zero-order valence-electron chi connectivity index (χ0n) is 15.3. The second-order valence-corrected chi connectivity index (χ2v) is 6.34. The molecule has 24 heavy (non-hydrogen) atoms. The summed E-state index contributed by atoms with van der Waals surface area (Å²) in [6.45, 7) is 10.8. The number of anilines is 1. The maximum atomic E-state index is 11.6. The molecule has 0 heterocycles. The first-order chi connectivity index (χ1) is 11.3. The number of alkyl carbamates (subject to hydrolysis) is 1. The molecule has 0 fully saturated rings. The molecular weight excluding hydrogens is 304 g/mol. The van der Waals surface area contributed by atoms with Crippen molar-refractivity contribution in [2.24, 2.45) is 16.6 Å². The van der Waals surface area contributed by atoms with E-state index in [0.29, 0.717) is 25.0 Å². The summed E-state index contributed by atoms with van der Waals surface area (Å²) in [4.78, 5) is 16.0. The van der Waals surface area contributed by atoms with Crippen molar-refractivity contribution in [3.63, 3.8) is 0 Å². The van der Waals surface area contributed by atoms with Gasteiger partial charge in [0.15, 0.2) is 5.96 Å². The molecule has 0 aromatic heterocycles. The van der Waals surface area contributed by atoms with Crippen molar-refractivity contribution < 1.29 is 9.53 Å². The third-order valence-corrected chi connectivity index (χ3v) is 3.61. The second kappa shape index (κ2) is 9.80. The molecule has 0 radical (unpaired) electrons. The van der Waals surface area contributed by atoms with Gasteiger partial charge in [0, 0.05) is 5.69 Å². The van der Waals surface area contributed by atoms with E-state index in [0.717, 1.165) is 12.1 Å². The minimum Gasteiger partial charge on any atom is -0.450 e. The van der Waals surface area contributed by atoms with Crippen LogP contribution >= 0.6 is 0 Å². The van der Waals surface area contributed by atoms with E-state index in [4.69, 9.17) is 10.5 Å². The minimum atomic E-state index is -0.418. The smallest absolute Gasteiger partial charge is 0.407 e. The first kappa shape index (κ1) is 19.8. The minimum absolute atomic E-state index is 0.107. The van der Waals surface area contributed by atoms with Gasteiger partial charge in [-0.15, -0.1) is 0 Å². The van der Waals surface area contributed by atoms with Crippen LogP contribution in [0.15, 0.2) is 23.2 Å². The van der Waals surface area contributed by atoms with E-state index >= 15 is 0 Å². The number of rotatable bonds is 7. The van der Waals surface area contributed by atoms with Crippen LogP contribution in [0, 0.1) is 19.8 Å². The molecule has 134 valence electrons. The zero-order chi connectivity index (χ0) is 18.1. The van der Waals surface area contributed by atoms with Crippen LogP contribution in [0.2, 0.25) is 0 Å². The topological polar surface area (TPSA) is 88.7 Å². The summed E-state index contributed by atoms with van der Waals surface area (Å²) in [5.74, 6) is 0.763. The molecular formula is C18H30N4O2. The van der Waals surface area contributed by atoms with Gasteiger partial charge in [-0.05, 0) is 56.4 Å². The Bertz CT molecular complexity index is 570. The highest BCUT2D eigenvalue weighted by Crippen LogP contribution is 2.13. The van der Waals surface area contributed by atoms with Gasteiger partial charge in [0.1, 0.15) is 0 Å². The molecule has 0 bridgehead atoms. The van der Waals surface area contributed by atoms with E-state index in [9.17, 15) is 4.79 Å². The maximum absolute atomic E-state index is 11.6. The van der Waals surface area contributed by atoms with Crippen molar-refractivity contribution in [3.8, 4) is 0 Å². The Morgan fingerprint density at radius 1 is 1.29 bits per heavy atom. The van der Waals surface area contributed by atoms with Gasteiger partial charge in [-0.2, -0.15) is 0 Å². The number of nitrogens with two attached hydrogens (primary N) is 1. The van der Waals surface area contributed by atoms with E-state index in [1.807, 2.05) is 18.2 Å². The second-order valence-electron chi connectivity index (χ2n) is 6.34. The van der Waals surface area contributed by atoms with Gasteiger partial charge in [-0.1, -0.05) is 19.9 Å². The van der Waals surface area contributed by atoms with E-state index in [-0.39, 0.29) is 6.04 Å². The molecule has 0 aliphatic carbocycles. The maximum Gasteiger partial charge on any atom is 0.407 e. The molecule has 1 aromatic carbocycles. The number of benzene rings is 1. The number of amides is 1. The standard InChI is InChI=1S/C18H30N4O2/c1-6-24-18(23)22-16(9-12(2)3)11-20-17(19)21-15-8-7-13(4)14(5)10-15/h7-8,10,12,16H,6,9,11H2,1-5H3,(H,22,23)(H3,19,20,21).